The first-order valence-electron chi connectivity index (χ1n) is 9.58. The number of halogens is 1. The maximum atomic E-state index is 14.3. The largest absolute Gasteiger partial charge is 0.332 e. The summed E-state index contributed by atoms with van der Waals surface area (Å²) < 4.78 is 16.2. The molecule has 0 atom stereocenters. The summed E-state index contributed by atoms with van der Waals surface area (Å²) in [6, 6.07) is 5.58. The van der Waals surface area contributed by atoms with Crippen LogP contribution in [0, 0.1) is 5.82 Å². The average Bonchev–Trinajstić information content (AvgIpc) is 3.16. The third kappa shape index (κ3) is 3.30. The number of aryl methyl sites for hydroxylation is 1. The zero-order valence-corrected chi connectivity index (χ0v) is 17.5. The number of benzene rings is 1. The Morgan fingerprint density at radius 1 is 1.07 bits per heavy atom. The Balaban J connectivity index is 1.71. The summed E-state index contributed by atoms with van der Waals surface area (Å²) in [5.41, 5.74) is 5.08. The number of nitrogens with zero attached hydrogens (tertiary/aromatic N) is 4. The molecule has 1 amide bonds. The molecule has 0 aliphatic heterocycles. The molecule has 0 radical (unpaired) electrons. The van der Waals surface area contributed by atoms with Crippen LogP contribution in [0.3, 0.4) is 0 Å². The van der Waals surface area contributed by atoms with Crippen molar-refractivity contribution in [1.82, 2.24) is 19.5 Å². The number of imidazole rings is 1. The van der Waals surface area contributed by atoms with E-state index in [1.165, 1.54) is 0 Å². The van der Waals surface area contributed by atoms with Crippen molar-refractivity contribution in [3.8, 4) is 11.4 Å². The molecular weight excluding hydrogens is 376 g/mol. The number of amides is 1. The highest BCUT2D eigenvalue weighted by molar-refractivity contribution is 6.59. The van der Waals surface area contributed by atoms with Crippen molar-refractivity contribution < 1.29 is 9.18 Å². The fraction of sp³-hybridized carbons (Fsp3) is 0.0526. The smallest absolute Gasteiger partial charge is 0.255 e. The van der Waals surface area contributed by atoms with Gasteiger partial charge in [0.2, 0.25) is 0 Å². The van der Waals surface area contributed by atoms with Crippen LogP contribution in [0.1, 0.15) is 10.4 Å². The second-order valence-electron chi connectivity index (χ2n) is 7.49. The molecule has 0 aliphatic rings. The Bertz CT molecular complexity index is 1300. The Morgan fingerprint density at radius 3 is 2.40 bits per heavy atom. The Kier molecular flexibility index (Phi) is 4.97. The maximum absolute atomic E-state index is 14.3. The lowest BCUT2D eigenvalue weighted by Crippen LogP contribution is -2.49. The number of hydrogen-bond acceptors (Lipinski definition) is 4. The van der Waals surface area contributed by atoms with Crippen molar-refractivity contribution in [1.29, 1.82) is 0 Å². The molecule has 1 aromatic carbocycles. The molecule has 0 saturated carbocycles. The quantitative estimate of drug-likeness (QED) is 0.365. The summed E-state index contributed by atoms with van der Waals surface area (Å²) in [7, 11) is 8.80. The summed E-state index contributed by atoms with van der Waals surface area (Å²) in [4.78, 5) is 26.2. The lowest BCUT2D eigenvalue weighted by molar-refractivity contribution is 0.102. The van der Waals surface area contributed by atoms with E-state index >= 15 is 0 Å². The van der Waals surface area contributed by atoms with E-state index < -0.39 is 0 Å². The first-order chi connectivity index (χ1) is 14.3. The molecule has 6 nitrogen and oxygen atoms in total. The van der Waals surface area contributed by atoms with Gasteiger partial charge in [0.25, 0.3) is 5.91 Å². The van der Waals surface area contributed by atoms with Crippen LogP contribution < -0.4 is 27.2 Å². The summed E-state index contributed by atoms with van der Waals surface area (Å²) in [6.07, 6.45) is 5.14. The van der Waals surface area contributed by atoms with E-state index in [2.05, 4.69) is 15.3 Å². The number of carbonyl (C=O) groups is 1. The van der Waals surface area contributed by atoms with Crippen molar-refractivity contribution in [2.45, 2.75) is 0 Å². The number of nitrogens with one attached hydrogen (secondary N) is 1. The van der Waals surface area contributed by atoms with Gasteiger partial charge in [-0.3, -0.25) is 4.79 Å². The summed E-state index contributed by atoms with van der Waals surface area (Å²) >= 11 is 0. The number of anilines is 1. The summed E-state index contributed by atoms with van der Waals surface area (Å²) in [6.45, 7) is 0. The highest BCUT2D eigenvalue weighted by atomic mass is 19.1. The molecule has 144 valence electrons. The average molecular weight is 395 g/mol. The molecule has 1 N–H and O–H groups in total. The van der Waals surface area contributed by atoms with E-state index in [9.17, 15) is 9.18 Å². The van der Waals surface area contributed by atoms with Crippen LogP contribution in [0.5, 0.6) is 0 Å². The Labute approximate surface area is 177 Å². The summed E-state index contributed by atoms with van der Waals surface area (Å²) in [5, 5.41) is 3.70. The van der Waals surface area contributed by atoms with Gasteiger partial charge in [0.1, 0.15) is 43.0 Å². The minimum Gasteiger partial charge on any atom is -0.332 e. The standard InChI is InChI=1S/C19H18B4FN5O/c1-29-7-25-6-11(29)9-3-2-8-5-26-12(4-10(8)27-9)28-19(30)13-14(20)16(22)18(24)17(23)15(13)21/h2-7H,20-23H2,1H3,(H,26,28,30). The van der Waals surface area contributed by atoms with E-state index in [-0.39, 0.29) is 11.7 Å². The van der Waals surface area contributed by atoms with Gasteiger partial charge in [-0.15, -0.1) is 0 Å². The third-order valence-corrected chi connectivity index (χ3v) is 5.65. The van der Waals surface area contributed by atoms with Crippen LogP contribution in [-0.2, 0) is 7.05 Å². The summed E-state index contributed by atoms with van der Waals surface area (Å²) in [5.74, 6) is -0.191. The first-order valence-corrected chi connectivity index (χ1v) is 9.58. The molecule has 0 unspecified atom stereocenters. The molecule has 11 heteroatoms. The van der Waals surface area contributed by atoms with Gasteiger partial charge in [-0.05, 0) is 12.1 Å². The lowest BCUT2D eigenvalue weighted by atomic mass is 9.66. The molecule has 3 heterocycles. The van der Waals surface area contributed by atoms with Gasteiger partial charge in [0, 0.05) is 30.3 Å². The van der Waals surface area contributed by atoms with Crippen LogP contribution in [0.15, 0.2) is 36.9 Å². The molecule has 0 spiro atoms. The van der Waals surface area contributed by atoms with Crippen LogP contribution in [0.25, 0.3) is 22.3 Å². The fourth-order valence-corrected chi connectivity index (χ4v) is 3.62. The van der Waals surface area contributed by atoms with E-state index in [0.717, 1.165) is 16.8 Å². The Morgan fingerprint density at radius 2 is 1.77 bits per heavy atom. The molecule has 0 saturated heterocycles. The maximum Gasteiger partial charge on any atom is 0.255 e. The van der Waals surface area contributed by atoms with Gasteiger partial charge >= 0.3 is 0 Å². The molecule has 0 fully saturated rings. The molecule has 4 rings (SSSR count). The number of rotatable bonds is 3. The first kappa shape index (κ1) is 19.9. The van der Waals surface area contributed by atoms with E-state index in [1.807, 2.05) is 23.7 Å². The van der Waals surface area contributed by atoms with Gasteiger partial charge in [0.05, 0.1) is 29.4 Å². The van der Waals surface area contributed by atoms with Crippen LogP contribution in [0.4, 0.5) is 10.2 Å². The van der Waals surface area contributed by atoms with Crippen LogP contribution in [-0.4, -0.2) is 56.8 Å². The lowest BCUT2D eigenvalue weighted by Gasteiger charge is -2.17. The van der Waals surface area contributed by atoms with Crippen molar-refractivity contribution in [2.24, 2.45) is 7.05 Å². The van der Waals surface area contributed by atoms with Gasteiger partial charge in [-0.1, -0.05) is 21.9 Å². The van der Waals surface area contributed by atoms with Gasteiger partial charge < -0.3 is 9.88 Å². The van der Waals surface area contributed by atoms with Crippen molar-refractivity contribution in [3.05, 3.63) is 48.3 Å². The predicted molar refractivity (Wildman–Crippen MR) is 129 cm³/mol. The zero-order valence-electron chi connectivity index (χ0n) is 17.5. The van der Waals surface area contributed by atoms with Crippen LogP contribution in [0.2, 0.25) is 0 Å². The number of hydrogen-bond donors (Lipinski definition) is 1. The van der Waals surface area contributed by atoms with Gasteiger partial charge in [-0.2, -0.15) is 0 Å². The zero-order chi connectivity index (χ0) is 21.6. The van der Waals surface area contributed by atoms with Crippen LogP contribution >= 0.6 is 0 Å². The fourth-order valence-electron chi connectivity index (χ4n) is 3.62. The highest BCUT2D eigenvalue weighted by Gasteiger charge is 2.19. The van der Waals surface area contributed by atoms with Crippen molar-refractivity contribution in [3.63, 3.8) is 0 Å². The normalized spacial score (nSPS) is 11.0. The predicted octanol–water partition coefficient (Wildman–Crippen LogP) is -3.54. The van der Waals surface area contributed by atoms with Gasteiger partial charge in [-0.25, -0.2) is 19.3 Å². The molecule has 3 aromatic heterocycles. The molecule has 0 aliphatic carbocycles. The monoisotopic (exact) mass is 395 g/mol. The van der Waals surface area contributed by atoms with Crippen molar-refractivity contribution >= 4 is 75.9 Å². The molecule has 30 heavy (non-hydrogen) atoms. The Hall–Kier alpha value is -3.35. The number of fused-ring (bicyclic) bond motifs is 1. The van der Waals surface area contributed by atoms with E-state index in [1.54, 1.807) is 56.2 Å². The minimum atomic E-state index is -0.314. The molecular formula is C19H18B4FN5O. The van der Waals surface area contributed by atoms with Gasteiger partial charge in [0.15, 0.2) is 0 Å². The molecule has 4 aromatic rings. The molecule has 0 bridgehead atoms. The second kappa shape index (κ2) is 7.48. The number of aromatic nitrogens is 4. The van der Waals surface area contributed by atoms with E-state index in [4.69, 9.17) is 4.98 Å². The minimum absolute atomic E-state index is 0.266. The van der Waals surface area contributed by atoms with E-state index in [0.29, 0.717) is 38.7 Å². The third-order valence-electron chi connectivity index (χ3n) is 5.65. The SMILES string of the molecule is Bc1c(B)c(C(=O)Nc2cc3nc(-c4cncn4C)ccc3cn2)c(B)c(B)c1F. The number of carbonyl (C=O) groups excluding carboxylic acids is 1. The second-order valence-corrected chi connectivity index (χ2v) is 7.49. The topological polar surface area (TPSA) is 72.7 Å². The van der Waals surface area contributed by atoms with Crippen molar-refractivity contribution in [2.75, 3.05) is 5.32 Å². The highest BCUT2D eigenvalue weighted by Crippen LogP contribution is 2.21. The number of pyridine rings is 2.